The number of likely N-dealkylation sites (tertiary alicyclic amines) is 1. The van der Waals surface area contributed by atoms with Crippen LogP contribution in [-0.4, -0.2) is 35.0 Å². The largest absolute Gasteiger partial charge is 0.481 e. The number of hydrogen-bond donors (Lipinski definition) is 1. The van der Waals surface area contributed by atoms with Gasteiger partial charge in [0.25, 0.3) is 5.91 Å². The van der Waals surface area contributed by atoms with Crippen molar-refractivity contribution in [2.75, 3.05) is 13.1 Å². The summed E-state index contributed by atoms with van der Waals surface area (Å²) in [5.74, 6) is -6.78. The monoisotopic (exact) mass is 287 g/mol. The molecule has 0 bridgehead atoms. The van der Waals surface area contributed by atoms with Gasteiger partial charge in [0.2, 0.25) is 0 Å². The zero-order valence-corrected chi connectivity index (χ0v) is 10.6. The fourth-order valence-electron chi connectivity index (χ4n) is 2.31. The first-order chi connectivity index (χ1) is 9.31. The van der Waals surface area contributed by atoms with Gasteiger partial charge in [0.15, 0.2) is 11.6 Å². The van der Waals surface area contributed by atoms with Gasteiger partial charge in [0.1, 0.15) is 5.82 Å². The molecule has 20 heavy (non-hydrogen) atoms. The van der Waals surface area contributed by atoms with Crippen molar-refractivity contribution in [2.45, 2.75) is 6.92 Å². The van der Waals surface area contributed by atoms with E-state index in [4.69, 9.17) is 5.11 Å². The van der Waals surface area contributed by atoms with E-state index in [1.54, 1.807) is 6.92 Å². The van der Waals surface area contributed by atoms with E-state index < -0.39 is 40.8 Å². The summed E-state index contributed by atoms with van der Waals surface area (Å²) in [5, 5.41) is 8.97. The van der Waals surface area contributed by atoms with Gasteiger partial charge < -0.3 is 10.0 Å². The van der Waals surface area contributed by atoms with E-state index in [0.29, 0.717) is 12.1 Å². The van der Waals surface area contributed by atoms with Crippen LogP contribution in [-0.2, 0) is 4.79 Å². The van der Waals surface area contributed by atoms with E-state index in [9.17, 15) is 22.8 Å². The molecule has 1 saturated heterocycles. The maximum atomic E-state index is 13.5. The summed E-state index contributed by atoms with van der Waals surface area (Å²) in [6, 6.07) is 0.794. The molecular weight excluding hydrogens is 275 g/mol. The highest BCUT2D eigenvalue weighted by atomic mass is 19.2. The number of aliphatic carboxylic acids is 1. The second kappa shape index (κ2) is 5.15. The van der Waals surface area contributed by atoms with E-state index in [-0.39, 0.29) is 19.0 Å². The first-order valence-corrected chi connectivity index (χ1v) is 5.98. The highest BCUT2D eigenvalue weighted by Gasteiger charge is 2.37. The number of rotatable bonds is 2. The van der Waals surface area contributed by atoms with Crippen LogP contribution in [0.25, 0.3) is 0 Å². The molecule has 0 saturated carbocycles. The van der Waals surface area contributed by atoms with Gasteiger partial charge in [-0.3, -0.25) is 9.59 Å². The Morgan fingerprint density at radius 1 is 1.15 bits per heavy atom. The van der Waals surface area contributed by atoms with Crippen LogP contribution in [0.5, 0.6) is 0 Å². The summed E-state index contributed by atoms with van der Waals surface area (Å²) in [6.07, 6.45) is 0. The zero-order chi connectivity index (χ0) is 15.0. The van der Waals surface area contributed by atoms with E-state index in [2.05, 4.69) is 0 Å². The third-order valence-electron chi connectivity index (χ3n) is 3.46. The van der Waals surface area contributed by atoms with Crippen LogP contribution in [0.1, 0.15) is 17.3 Å². The van der Waals surface area contributed by atoms with Crippen molar-refractivity contribution in [3.63, 3.8) is 0 Å². The third-order valence-corrected chi connectivity index (χ3v) is 3.46. The second-order valence-corrected chi connectivity index (χ2v) is 4.88. The van der Waals surface area contributed by atoms with E-state index in [1.807, 2.05) is 0 Å². The molecule has 2 atom stereocenters. The average Bonchev–Trinajstić information content (AvgIpc) is 2.75. The van der Waals surface area contributed by atoms with Gasteiger partial charge in [-0.05, 0) is 12.0 Å². The number of carboxylic acid groups (broad SMARTS) is 1. The lowest BCUT2D eigenvalue weighted by Crippen LogP contribution is -2.30. The van der Waals surface area contributed by atoms with Crippen molar-refractivity contribution in [1.82, 2.24) is 4.90 Å². The number of carboxylic acids is 1. The molecule has 1 amide bonds. The lowest BCUT2D eigenvalue weighted by atomic mass is 9.99. The van der Waals surface area contributed by atoms with Gasteiger partial charge in [-0.1, -0.05) is 6.92 Å². The minimum Gasteiger partial charge on any atom is -0.481 e. The van der Waals surface area contributed by atoms with Crippen molar-refractivity contribution >= 4 is 11.9 Å². The molecule has 0 aliphatic carbocycles. The molecule has 1 aromatic rings. The molecule has 0 spiro atoms. The van der Waals surface area contributed by atoms with Gasteiger partial charge in [-0.15, -0.1) is 0 Å². The molecular formula is C13H12F3NO3. The predicted molar refractivity (Wildman–Crippen MR) is 62.5 cm³/mol. The van der Waals surface area contributed by atoms with Crippen molar-refractivity contribution < 1.29 is 27.9 Å². The smallest absolute Gasteiger partial charge is 0.308 e. The Balaban J connectivity index is 2.25. The van der Waals surface area contributed by atoms with Crippen molar-refractivity contribution in [3.8, 4) is 0 Å². The fraction of sp³-hybridized carbons (Fsp3) is 0.385. The number of carbonyl (C=O) groups is 2. The Morgan fingerprint density at radius 2 is 1.75 bits per heavy atom. The van der Waals surface area contributed by atoms with Crippen molar-refractivity contribution in [1.29, 1.82) is 0 Å². The fourth-order valence-corrected chi connectivity index (χ4v) is 2.31. The highest BCUT2D eigenvalue weighted by Crippen LogP contribution is 2.25. The molecule has 0 aromatic heterocycles. The lowest BCUT2D eigenvalue weighted by Gasteiger charge is -2.16. The Hall–Kier alpha value is -2.05. The predicted octanol–water partition coefficient (Wildman–Crippen LogP) is 1.90. The van der Waals surface area contributed by atoms with Gasteiger partial charge in [-0.2, -0.15) is 0 Å². The lowest BCUT2D eigenvalue weighted by molar-refractivity contribution is -0.142. The number of halogens is 3. The topological polar surface area (TPSA) is 57.6 Å². The molecule has 1 aromatic carbocycles. The standard InChI is InChI=1S/C13H12F3NO3/c1-6-4-17(5-8(6)13(19)20)12(18)7-2-10(15)11(16)3-9(7)14/h2-3,6,8H,4-5H2,1H3,(H,19,20)/t6-,8-/m1/s1. The molecule has 1 aliphatic heterocycles. The number of carbonyl (C=O) groups excluding carboxylic acids is 1. The van der Waals surface area contributed by atoms with Crippen LogP contribution in [0.3, 0.4) is 0 Å². The minimum absolute atomic E-state index is 0.0756. The van der Waals surface area contributed by atoms with Crippen molar-refractivity contribution in [2.24, 2.45) is 11.8 Å². The Morgan fingerprint density at radius 3 is 2.30 bits per heavy atom. The van der Waals surface area contributed by atoms with Gasteiger partial charge in [-0.25, -0.2) is 13.2 Å². The second-order valence-electron chi connectivity index (χ2n) is 4.88. The Bertz CT molecular complexity index is 576. The van der Waals surface area contributed by atoms with E-state index >= 15 is 0 Å². The van der Waals surface area contributed by atoms with Gasteiger partial charge >= 0.3 is 5.97 Å². The average molecular weight is 287 g/mol. The Labute approximate surface area is 112 Å². The summed E-state index contributed by atoms with van der Waals surface area (Å²) in [6.45, 7) is 1.72. The summed E-state index contributed by atoms with van der Waals surface area (Å²) in [4.78, 5) is 24.1. The summed E-state index contributed by atoms with van der Waals surface area (Å²) in [5.41, 5.74) is -0.595. The molecule has 1 fully saturated rings. The van der Waals surface area contributed by atoms with Crippen LogP contribution in [0.2, 0.25) is 0 Å². The van der Waals surface area contributed by atoms with E-state index in [1.165, 1.54) is 0 Å². The number of amides is 1. The normalized spacial score (nSPS) is 22.1. The van der Waals surface area contributed by atoms with Crippen LogP contribution >= 0.6 is 0 Å². The molecule has 0 unspecified atom stereocenters. The molecule has 1 heterocycles. The molecule has 1 N–H and O–H groups in total. The Kier molecular flexibility index (Phi) is 3.69. The summed E-state index contributed by atoms with van der Waals surface area (Å²) >= 11 is 0. The molecule has 1 aliphatic rings. The highest BCUT2D eigenvalue weighted by molar-refractivity contribution is 5.95. The zero-order valence-electron chi connectivity index (χ0n) is 10.6. The summed E-state index contributed by atoms with van der Waals surface area (Å²) < 4.78 is 39.4. The molecule has 108 valence electrons. The first kappa shape index (κ1) is 14.4. The molecule has 0 radical (unpaired) electrons. The quantitative estimate of drug-likeness (QED) is 0.845. The van der Waals surface area contributed by atoms with E-state index in [0.717, 1.165) is 4.90 Å². The first-order valence-electron chi connectivity index (χ1n) is 5.98. The van der Waals surface area contributed by atoms with Crippen LogP contribution in [0, 0.1) is 29.3 Å². The minimum atomic E-state index is -1.38. The number of benzene rings is 1. The molecule has 2 rings (SSSR count). The van der Waals surface area contributed by atoms with Crippen LogP contribution in [0.15, 0.2) is 12.1 Å². The van der Waals surface area contributed by atoms with Crippen LogP contribution < -0.4 is 0 Å². The number of hydrogen-bond acceptors (Lipinski definition) is 2. The van der Waals surface area contributed by atoms with Gasteiger partial charge in [0.05, 0.1) is 11.5 Å². The molecule has 7 heteroatoms. The van der Waals surface area contributed by atoms with Gasteiger partial charge in [0, 0.05) is 19.2 Å². The maximum Gasteiger partial charge on any atom is 0.308 e. The number of nitrogens with zero attached hydrogens (tertiary/aromatic N) is 1. The summed E-state index contributed by atoms with van der Waals surface area (Å²) in [7, 11) is 0. The van der Waals surface area contributed by atoms with Crippen LogP contribution in [0.4, 0.5) is 13.2 Å². The SMILES string of the molecule is C[C@@H]1CN(C(=O)c2cc(F)c(F)cc2F)C[C@H]1C(=O)O. The van der Waals surface area contributed by atoms with Crippen molar-refractivity contribution in [3.05, 3.63) is 35.1 Å². The third kappa shape index (κ3) is 2.48. The maximum absolute atomic E-state index is 13.5. The molecule has 4 nitrogen and oxygen atoms in total.